The van der Waals surface area contributed by atoms with Crippen LogP contribution in [-0.4, -0.2) is 5.97 Å². The van der Waals surface area contributed by atoms with Crippen LogP contribution in [-0.2, 0) is 0 Å². The number of carboxylic acid groups (broad SMARTS) is 1. The number of rotatable bonds is 1. The first-order chi connectivity index (χ1) is 5.52. The number of aromatic carboxylic acids is 1. The van der Waals surface area contributed by atoms with E-state index in [1.54, 1.807) is 0 Å². The monoisotopic (exact) mass is 246 g/mol. The molecule has 0 fully saturated rings. The summed E-state index contributed by atoms with van der Waals surface area (Å²) in [4.78, 5) is 10.4. The van der Waals surface area contributed by atoms with Gasteiger partial charge in [-0.1, -0.05) is 34.8 Å². The molecule has 0 aromatic heterocycles. The molecule has 13 heavy (non-hydrogen) atoms. The van der Waals surface area contributed by atoms with E-state index >= 15 is 0 Å². The Morgan fingerprint density at radius 1 is 1.23 bits per heavy atom. The van der Waals surface area contributed by atoms with Gasteiger partial charge in [-0.3, -0.25) is 0 Å². The van der Waals surface area contributed by atoms with Crippen molar-refractivity contribution in [3.05, 3.63) is 32.8 Å². The molecule has 1 rings (SSSR count). The van der Waals surface area contributed by atoms with Crippen molar-refractivity contribution in [2.75, 3.05) is 0 Å². The van der Waals surface area contributed by atoms with Crippen molar-refractivity contribution >= 4 is 40.8 Å². The first-order valence-corrected chi connectivity index (χ1v) is 4.01. The molecular weight excluding hydrogens is 245 g/mol. The van der Waals surface area contributed by atoms with Crippen LogP contribution in [0.5, 0.6) is 0 Å². The van der Waals surface area contributed by atoms with Gasteiger partial charge in [0.15, 0.2) is 0 Å². The number of carbonyl (C=O) groups excluding carboxylic acids is 1. The largest absolute Gasteiger partial charge is 1.00 e. The molecule has 2 nitrogen and oxygen atoms in total. The van der Waals surface area contributed by atoms with E-state index in [1.807, 2.05) is 0 Å². The molecule has 0 N–H and O–H groups in total. The van der Waals surface area contributed by atoms with Crippen molar-refractivity contribution in [2.45, 2.75) is 0 Å². The van der Waals surface area contributed by atoms with Crippen LogP contribution in [0.2, 0.25) is 15.1 Å². The third-order valence-corrected chi connectivity index (χ3v) is 2.23. The second kappa shape index (κ2) is 5.44. The molecule has 0 bridgehead atoms. The van der Waals surface area contributed by atoms with Crippen LogP contribution >= 0.6 is 34.8 Å². The van der Waals surface area contributed by atoms with E-state index in [-0.39, 0.29) is 50.2 Å². The van der Waals surface area contributed by atoms with E-state index in [2.05, 4.69) is 0 Å². The Kier molecular flexibility index (Phi) is 5.68. The predicted octanol–water partition coefficient (Wildman–Crippen LogP) is -0.986. The predicted molar refractivity (Wildman–Crippen MR) is 45.8 cm³/mol. The van der Waals surface area contributed by atoms with E-state index in [0.29, 0.717) is 0 Å². The summed E-state index contributed by atoms with van der Waals surface area (Å²) in [6.45, 7) is 0. The third kappa shape index (κ3) is 3.31. The minimum atomic E-state index is -1.40. The number of hydrogen-bond donors (Lipinski definition) is 0. The molecule has 0 amide bonds. The van der Waals surface area contributed by atoms with Gasteiger partial charge in [0.05, 0.1) is 16.0 Å². The first kappa shape index (κ1) is 13.6. The summed E-state index contributed by atoms with van der Waals surface area (Å²) in [5.41, 5.74) is -0.200. The molecule has 0 atom stereocenters. The Morgan fingerprint density at radius 2 is 1.77 bits per heavy atom. The number of benzene rings is 1. The van der Waals surface area contributed by atoms with Crippen LogP contribution in [0.1, 0.15) is 10.4 Å². The van der Waals surface area contributed by atoms with Crippen LogP contribution < -0.4 is 34.7 Å². The third-order valence-electron chi connectivity index (χ3n) is 1.21. The molecule has 1 aromatic rings. The van der Waals surface area contributed by atoms with Crippen molar-refractivity contribution in [3.8, 4) is 0 Å². The molecule has 0 saturated heterocycles. The molecule has 0 spiro atoms. The number of hydrogen-bond acceptors (Lipinski definition) is 2. The van der Waals surface area contributed by atoms with Crippen LogP contribution in [0.25, 0.3) is 0 Å². The van der Waals surface area contributed by atoms with E-state index in [1.165, 1.54) is 12.1 Å². The summed E-state index contributed by atoms with van der Waals surface area (Å²) in [5.74, 6) is -1.40. The van der Waals surface area contributed by atoms with Gasteiger partial charge in [0.1, 0.15) is 0 Å². The SMILES string of the molecule is O=C([O-])c1cc(Cl)cc(Cl)c1Cl.[Na+]. The molecule has 0 saturated carbocycles. The molecular formula is C7H2Cl3NaO2. The first-order valence-electron chi connectivity index (χ1n) is 2.88. The maximum absolute atomic E-state index is 10.4. The zero-order valence-corrected chi connectivity index (χ0v) is 10.9. The molecule has 0 unspecified atom stereocenters. The van der Waals surface area contributed by atoms with E-state index in [0.717, 1.165) is 0 Å². The van der Waals surface area contributed by atoms with Crippen LogP contribution in [0.4, 0.5) is 0 Å². The smallest absolute Gasteiger partial charge is 0.545 e. The minimum Gasteiger partial charge on any atom is -0.545 e. The quantitative estimate of drug-likeness (QED) is 0.472. The zero-order valence-electron chi connectivity index (χ0n) is 6.61. The van der Waals surface area contributed by atoms with Gasteiger partial charge in [-0.25, -0.2) is 0 Å². The van der Waals surface area contributed by atoms with Crippen molar-refractivity contribution in [1.29, 1.82) is 0 Å². The average Bonchev–Trinajstić information content (AvgIpc) is 1.96. The number of carboxylic acids is 1. The number of carbonyl (C=O) groups is 1. The van der Waals surface area contributed by atoms with Crippen molar-refractivity contribution in [3.63, 3.8) is 0 Å². The Morgan fingerprint density at radius 3 is 2.23 bits per heavy atom. The van der Waals surface area contributed by atoms with Gasteiger partial charge in [0.25, 0.3) is 0 Å². The maximum atomic E-state index is 10.4. The van der Waals surface area contributed by atoms with Crippen LogP contribution in [0.15, 0.2) is 12.1 Å². The van der Waals surface area contributed by atoms with Gasteiger partial charge in [-0.05, 0) is 12.1 Å². The Labute approximate surface area is 112 Å². The fourth-order valence-corrected chi connectivity index (χ4v) is 1.38. The Hall–Kier alpha value is 0.560. The van der Waals surface area contributed by atoms with Gasteiger partial charge in [0.2, 0.25) is 0 Å². The maximum Gasteiger partial charge on any atom is 1.00 e. The van der Waals surface area contributed by atoms with Crippen molar-refractivity contribution in [1.82, 2.24) is 0 Å². The average molecular weight is 247 g/mol. The second-order valence-electron chi connectivity index (χ2n) is 2.04. The number of halogens is 3. The van der Waals surface area contributed by atoms with Crippen molar-refractivity contribution < 1.29 is 39.5 Å². The minimum absolute atomic E-state index is 0. The summed E-state index contributed by atoms with van der Waals surface area (Å²) in [7, 11) is 0. The fraction of sp³-hybridized carbons (Fsp3) is 0. The standard InChI is InChI=1S/C7H3Cl3O2.Na/c8-3-1-4(7(11)12)6(10)5(9)2-3;/h1-2H,(H,11,12);/q;+1/p-1. The van der Waals surface area contributed by atoms with Crippen LogP contribution in [0, 0.1) is 0 Å². The Bertz CT molecular complexity index is 341. The van der Waals surface area contributed by atoms with E-state index in [4.69, 9.17) is 34.8 Å². The van der Waals surface area contributed by atoms with Gasteiger partial charge in [-0.15, -0.1) is 0 Å². The molecule has 0 aliphatic heterocycles. The summed E-state index contributed by atoms with van der Waals surface area (Å²) >= 11 is 16.6. The fourth-order valence-electron chi connectivity index (χ4n) is 0.705. The summed E-state index contributed by atoms with van der Waals surface area (Å²) < 4.78 is 0. The molecule has 0 aliphatic carbocycles. The topological polar surface area (TPSA) is 40.1 Å². The van der Waals surface area contributed by atoms with Gasteiger partial charge in [0, 0.05) is 10.6 Å². The van der Waals surface area contributed by atoms with Gasteiger partial charge in [-0.2, -0.15) is 0 Å². The molecule has 0 heterocycles. The van der Waals surface area contributed by atoms with Gasteiger partial charge < -0.3 is 9.90 Å². The molecule has 6 heteroatoms. The van der Waals surface area contributed by atoms with Gasteiger partial charge >= 0.3 is 29.6 Å². The summed E-state index contributed by atoms with van der Waals surface area (Å²) in [5, 5.41) is 10.7. The van der Waals surface area contributed by atoms with Crippen LogP contribution in [0.3, 0.4) is 0 Å². The van der Waals surface area contributed by atoms with E-state index in [9.17, 15) is 9.90 Å². The zero-order chi connectivity index (χ0) is 9.30. The molecule has 0 aliphatic rings. The summed E-state index contributed by atoms with van der Waals surface area (Å²) in [6.07, 6.45) is 0. The second-order valence-corrected chi connectivity index (χ2v) is 3.26. The molecule has 64 valence electrons. The molecule has 1 aromatic carbocycles. The van der Waals surface area contributed by atoms with Crippen molar-refractivity contribution in [2.24, 2.45) is 0 Å². The van der Waals surface area contributed by atoms with E-state index < -0.39 is 5.97 Å². The summed E-state index contributed by atoms with van der Waals surface area (Å²) in [6, 6.07) is 2.54. The normalized spacial score (nSPS) is 9.15. The molecule has 0 radical (unpaired) electrons. The Balaban J connectivity index is 0.00000144.